The number of likely N-dealkylation sites (N-methyl/N-ethyl adjacent to an activating group) is 1. The Hall–Kier alpha value is -2.01. The largest absolute Gasteiger partial charge is 0.497 e. The fraction of sp³-hybridized carbons (Fsp3) is 0.333. The quantitative estimate of drug-likeness (QED) is 0.676. The van der Waals surface area contributed by atoms with Crippen LogP contribution in [-0.2, 0) is 0 Å². The van der Waals surface area contributed by atoms with E-state index in [0.717, 1.165) is 40.6 Å². The van der Waals surface area contributed by atoms with Crippen molar-refractivity contribution in [3.63, 3.8) is 0 Å². The van der Waals surface area contributed by atoms with E-state index in [4.69, 9.17) is 16.3 Å². The van der Waals surface area contributed by atoms with E-state index in [2.05, 4.69) is 34.4 Å². The van der Waals surface area contributed by atoms with E-state index in [1.54, 1.807) is 7.11 Å². The predicted molar refractivity (Wildman–Crippen MR) is 110 cm³/mol. The number of hydrogen-bond donors (Lipinski definition) is 2. The minimum absolute atomic E-state index is 0.175. The Morgan fingerprint density at radius 2 is 1.85 bits per heavy atom. The van der Waals surface area contributed by atoms with Gasteiger partial charge in [0.2, 0.25) is 0 Å². The van der Waals surface area contributed by atoms with Crippen molar-refractivity contribution in [2.75, 3.05) is 27.2 Å². The van der Waals surface area contributed by atoms with E-state index < -0.39 is 0 Å². The second kappa shape index (κ2) is 8.12. The van der Waals surface area contributed by atoms with Gasteiger partial charge in [0.1, 0.15) is 5.75 Å². The number of benzene rings is 2. The van der Waals surface area contributed by atoms with Gasteiger partial charge in [-0.05, 0) is 55.1 Å². The highest BCUT2D eigenvalue weighted by Gasteiger charge is 2.28. The van der Waals surface area contributed by atoms with Crippen LogP contribution in [-0.4, -0.2) is 37.1 Å². The van der Waals surface area contributed by atoms with E-state index in [1.165, 1.54) is 10.9 Å². The molecule has 1 fully saturated rings. The van der Waals surface area contributed by atoms with Gasteiger partial charge < -0.3 is 9.72 Å². The summed E-state index contributed by atoms with van der Waals surface area (Å²) in [6.07, 6.45) is 0.175. The molecule has 2 heterocycles. The number of methoxy groups -OCH3 is 1. The molecule has 0 radical (unpaired) electrons. The summed E-state index contributed by atoms with van der Waals surface area (Å²) in [5.41, 5.74) is 4.61. The van der Waals surface area contributed by atoms with Crippen molar-refractivity contribution in [3.8, 4) is 17.0 Å². The molecular weight excluding hydrogens is 346 g/mol. The van der Waals surface area contributed by atoms with Crippen molar-refractivity contribution in [2.24, 2.45) is 0 Å². The minimum atomic E-state index is 0.175. The fourth-order valence-electron chi connectivity index (χ4n) is 3.44. The molecule has 1 atom stereocenters. The van der Waals surface area contributed by atoms with Gasteiger partial charge in [0.05, 0.1) is 19.0 Å². The summed E-state index contributed by atoms with van der Waals surface area (Å²) in [5, 5.41) is 5.51. The summed E-state index contributed by atoms with van der Waals surface area (Å²) < 4.78 is 5.28. The van der Waals surface area contributed by atoms with Crippen molar-refractivity contribution in [2.45, 2.75) is 20.0 Å². The Kier molecular flexibility index (Phi) is 5.87. The normalized spacial score (nSPS) is 17.2. The van der Waals surface area contributed by atoms with Crippen molar-refractivity contribution < 1.29 is 4.74 Å². The number of fused-ring (bicyclic) bond motifs is 1. The van der Waals surface area contributed by atoms with Crippen molar-refractivity contribution >= 4 is 22.5 Å². The Labute approximate surface area is 160 Å². The van der Waals surface area contributed by atoms with Crippen molar-refractivity contribution in [1.82, 2.24) is 15.2 Å². The number of ether oxygens (including phenoxy) is 1. The fourth-order valence-corrected chi connectivity index (χ4v) is 3.61. The zero-order chi connectivity index (χ0) is 18.7. The summed E-state index contributed by atoms with van der Waals surface area (Å²) in [6, 6.07) is 14.2. The molecule has 4 nitrogen and oxygen atoms in total. The first-order chi connectivity index (χ1) is 12.7. The number of aromatic amines is 1. The second-order valence-corrected chi connectivity index (χ2v) is 6.61. The van der Waals surface area contributed by atoms with E-state index in [1.807, 2.05) is 44.2 Å². The van der Waals surface area contributed by atoms with Crippen LogP contribution in [0.1, 0.15) is 25.6 Å². The highest BCUT2D eigenvalue weighted by molar-refractivity contribution is 6.31. The maximum Gasteiger partial charge on any atom is 0.118 e. The van der Waals surface area contributed by atoms with E-state index in [0.29, 0.717) is 0 Å². The Morgan fingerprint density at radius 1 is 1.12 bits per heavy atom. The monoisotopic (exact) mass is 371 g/mol. The summed E-state index contributed by atoms with van der Waals surface area (Å²) in [5.74, 6) is 0.857. The molecule has 2 aromatic carbocycles. The molecule has 3 aromatic rings. The highest BCUT2D eigenvalue weighted by atomic mass is 35.5. The van der Waals surface area contributed by atoms with E-state index in [-0.39, 0.29) is 6.17 Å². The summed E-state index contributed by atoms with van der Waals surface area (Å²) in [7, 11) is 3.83. The average molecular weight is 372 g/mol. The van der Waals surface area contributed by atoms with Gasteiger partial charge in [-0.1, -0.05) is 25.4 Å². The summed E-state index contributed by atoms with van der Waals surface area (Å²) in [4.78, 5) is 5.91. The van der Waals surface area contributed by atoms with Gasteiger partial charge in [0, 0.05) is 34.6 Å². The summed E-state index contributed by atoms with van der Waals surface area (Å²) in [6.45, 7) is 6.01. The Bertz CT molecular complexity index is 873. The van der Waals surface area contributed by atoms with Crippen LogP contribution in [0.15, 0.2) is 42.5 Å². The number of rotatable bonds is 3. The molecule has 0 saturated carbocycles. The van der Waals surface area contributed by atoms with Crippen molar-refractivity contribution in [1.29, 1.82) is 0 Å². The first kappa shape index (κ1) is 18.8. The second-order valence-electron chi connectivity index (χ2n) is 6.17. The van der Waals surface area contributed by atoms with Crippen LogP contribution in [0.4, 0.5) is 0 Å². The van der Waals surface area contributed by atoms with Gasteiger partial charge in [-0.2, -0.15) is 0 Å². The van der Waals surface area contributed by atoms with Gasteiger partial charge in [0.25, 0.3) is 0 Å². The molecule has 0 bridgehead atoms. The molecule has 0 aliphatic carbocycles. The molecule has 4 rings (SSSR count). The predicted octanol–water partition coefficient (Wildman–Crippen LogP) is 5.06. The van der Waals surface area contributed by atoms with Gasteiger partial charge in [-0.25, -0.2) is 0 Å². The highest BCUT2D eigenvalue weighted by Crippen LogP contribution is 2.38. The lowest BCUT2D eigenvalue weighted by Crippen LogP contribution is -2.24. The van der Waals surface area contributed by atoms with Crippen LogP contribution in [0.25, 0.3) is 22.2 Å². The van der Waals surface area contributed by atoms with Crippen LogP contribution < -0.4 is 10.1 Å². The molecule has 0 amide bonds. The molecule has 1 unspecified atom stereocenters. The standard InChI is InChI=1S/C19H20ClN3O.C2H6/c1-23-10-9-21-19(23)17-15-11-13(20)5-8-16(15)22-18(17)12-3-6-14(24-2)7-4-12;1-2/h3-8,11,19,21-22H,9-10H2,1-2H3;1-2H3. The number of H-pyrrole nitrogens is 1. The van der Waals surface area contributed by atoms with Gasteiger partial charge in [-0.15, -0.1) is 0 Å². The van der Waals surface area contributed by atoms with E-state index >= 15 is 0 Å². The van der Waals surface area contributed by atoms with E-state index in [9.17, 15) is 0 Å². The van der Waals surface area contributed by atoms with Gasteiger partial charge >= 0.3 is 0 Å². The first-order valence-electron chi connectivity index (χ1n) is 9.06. The first-order valence-corrected chi connectivity index (χ1v) is 9.44. The molecule has 1 saturated heterocycles. The Morgan fingerprint density at radius 3 is 2.46 bits per heavy atom. The minimum Gasteiger partial charge on any atom is -0.497 e. The molecule has 1 aromatic heterocycles. The van der Waals surface area contributed by atoms with Crippen LogP contribution in [0, 0.1) is 0 Å². The van der Waals surface area contributed by atoms with Crippen molar-refractivity contribution in [3.05, 3.63) is 53.1 Å². The smallest absolute Gasteiger partial charge is 0.118 e. The number of hydrogen-bond acceptors (Lipinski definition) is 3. The molecule has 0 spiro atoms. The topological polar surface area (TPSA) is 40.3 Å². The number of aromatic nitrogens is 1. The zero-order valence-corrected chi connectivity index (χ0v) is 16.5. The molecule has 5 heteroatoms. The number of nitrogens with one attached hydrogen (secondary N) is 2. The molecule has 138 valence electrons. The third kappa shape index (κ3) is 3.45. The molecule has 26 heavy (non-hydrogen) atoms. The maximum atomic E-state index is 6.26. The average Bonchev–Trinajstić information content (AvgIpc) is 3.26. The third-order valence-corrected chi connectivity index (χ3v) is 4.93. The SMILES string of the molecule is CC.COc1ccc(-c2[nH]c3ccc(Cl)cc3c2C2NCCN2C)cc1. The van der Waals surface area contributed by atoms with Crippen LogP contribution in [0.3, 0.4) is 0 Å². The zero-order valence-electron chi connectivity index (χ0n) is 15.8. The molecule has 1 aliphatic rings. The lowest BCUT2D eigenvalue weighted by Gasteiger charge is -2.21. The lowest BCUT2D eigenvalue weighted by molar-refractivity contribution is 0.303. The van der Waals surface area contributed by atoms with Crippen LogP contribution >= 0.6 is 11.6 Å². The maximum absolute atomic E-state index is 6.26. The van der Waals surface area contributed by atoms with Crippen LogP contribution in [0.5, 0.6) is 5.75 Å². The van der Waals surface area contributed by atoms with Gasteiger partial charge in [-0.3, -0.25) is 10.2 Å². The van der Waals surface area contributed by atoms with Gasteiger partial charge in [0.15, 0.2) is 0 Å². The third-order valence-electron chi connectivity index (χ3n) is 4.70. The number of halogens is 1. The Balaban J connectivity index is 0.000000948. The summed E-state index contributed by atoms with van der Waals surface area (Å²) >= 11 is 6.26. The van der Waals surface area contributed by atoms with Crippen LogP contribution in [0.2, 0.25) is 5.02 Å². The molecule has 2 N–H and O–H groups in total. The molecular formula is C21H26ClN3O. The number of nitrogens with zero attached hydrogens (tertiary/aromatic N) is 1. The molecule has 1 aliphatic heterocycles. The lowest BCUT2D eigenvalue weighted by atomic mass is 10.0.